The number of hydrogen-bond acceptors (Lipinski definition) is 5. The Morgan fingerprint density at radius 2 is 2.14 bits per heavy atom. The quantitative estimate of drug-likeness (QED) is 0.737. The average Bonchev–Trinajstić information content (AvgIpc) is 3.04. The first-order valence-corrected chi connectivity index (χ1v) is 7.24. The highest BCUT2D eigenvalue weighted by Crippen LogP contribution is 2.25. The molecule has 2 heterocycles. The number of rotatable bonds is 4. The van der Waals surface area contributed by atoms with Gasteiger partial charge >= 0.3 is 0 Å². The number of halogens is 1. The third-order valence-electron chi connectivity index (χ3n) is 3.11. The van der Waals surface area contributed by atoms with E-state index in [1.54, 1.807) is 17.2 Å². The van der Waals surface area contributed by atoms with Crippen LogP contribution < -0.4 is 5.32 Å². The fourth-order valence-corrected chi connectivity index (χ4v) is 2.39. The van der Waals surface area contributed by atoms with E-state index < -0.39 is 0 Å². The first-order chi connectivity index (χ1) is 10.2. The standard InChI is InChI=1S/C14H13BrN6/c1-10(18-13-6-3-7-16-14(13)15)11-4-2-5-12(8-11)21-9-17-19-20-21/h2-10,18H,1H3. The van der Waals surface area contributed by atoms with Gasteiger partial charge in [0.1, 0.15) is 10.9 Å². The fourth-order valence-electron chi connectivity index (χ4n) is 2.03. The Balaban J connectivity index is 1.84. The van der Waals surface area contributed by atoms with Crippen LogP contribution in [0, 0.1) is 0 Å². The highest BCUT2D eigenvalue weighted by Gasteiger charge is 2.09. The summed E-state index contributed by atoms with van der Waals surface area (Å²) in [5.41, 5.74) is 3.02. The van der Waals surface area contributed by atoms with Crippen molar-refractivity contribution < 1.29 is 0 Å². The Hall–Kier alpha value is -2.28. The maximum absolute atomic E-state index is 4.21. The molecule has 0 aliphatic rings. The minimum absolute atomic E-state index is 0.127. The van der Waals surface area contributed by atoms with Crippen LogP contribution in [0.15, 0.2) is 53.5 Å². The lowest BCUT2D eigenvalue weighted by Crippen LogP contribution is -2.08. The van der Waals surface area contributed by atoms with Crippen LogP contribution in [0.4, 0.5) is 5.69 Å². The number of aromatic nitrogens is 5. The monoisotopic (exact) mass is 344 g/mol. The average molecular weight is 345 g/mol. The predicted octanol–water partition coefficient (Wildman–Crippen LogP) is 2.99. The molecule has 0 amide bonds. The van der Waals surface area contributed by atoms with E-state index in [4.69, 9.17) is 0 Å². The second-order valence-electron chi connectivity index (χ2n) is 4.56. The summed E-state index contributed by atoms with van der Waals surface area (Å²) in [4.78, 5) is 4.21. The summed E-state index contributed by atoms with van der Waals surface area (Å²) in [6.45, 7) is 2.10. The number of anilines is 1. The van der Waals surface area contributed by atoms with E-state index in [1.807, 2.05) is 24.3 Å². The van der Waals surface area contributed by atoms with Crippen LogP contribution in [-0.4, -0.2) is 25.2 Å². The number of pyridine rings is 1. The lowest BCUT2D eigenvalue weighted by molar-refractivity contribution is 0.784. The summed E-state index contributed by atoms with van der Waals surface area (Å²) in [5, 5.41) is 14.6. The molecule has 0 saturated carbocycles. The topological polar surface area (TPSA) is 68.5 Å². The van der Waals surface area contributed by atoms with E-state index in [0.29, 0.717) is 0 Å². The van der Waals surface area contributed by atoms with Crippen LogP contribution in [0.2, 0.25) is 0 Å². The van der Waals surface area contributed by atoms with Gasteiger partial charge in [0.15, 0.2) is 0 Å². The summed E-state index contributed by atoms with van der Waals surface area (Å²) in [6.07, 6.45) is 3.33. The molecule has 2 aromatic heterocycles. The molecule has 0 fully saturated rings. The van der Waals surface area contributed by atoms with E-state index in [0.717, 1.165) is 21.5 Å². The first-order valence-electron chi connectivity index (χ1n) is 6.44. The molecule has 0 saturated heterocycles. The molecule has 7 heteroatoms. The van der Waals surface area contributed by atoms with Crippen molar-refractivity contribution in [3.63, 3.8) is 0 Å². The number of benzene rings is 1. The Labute approximate surface area is 130 Å². The maximum atomic E-state index is 4.21. The number of tetrazole rings is 1. The second-order valence-corrected chi connectivity index (χ2v) is 5.31. The van der Waals surface area contributed by atoms with E-state index in [-0.39, 0.29) is 6.04 Å². The summed E-state index contributed by atoms with van der Waals surface area (Å²) in [7, 11) is 0. The molecular weight excluding hydrogens is 332 g/mol. The number of hydrogen-bond donors (Lipinski definition) is 1. The molecule has 0 spiro atoms. The van der Waals surface area contributed by atoms with Crippen LogP contribution in [-0.2, 0) is 0 Å². The Morgan fingerprint density at radius 3 is 2.90 bits per heavy atom. The Bertz CT molecular complexity index is 728. The van der Waals surface area contributed by atoms with Gasteiger partial charge in [-0.25, -0.2) is 9.67 Å². The summed E-state index contributed by atoms with van der Waals surface area (Å²) >= 11 is 3.44. The highest BCUT2D eigenvalue weighted by molar-refractivity contribution is 9.10. The Kier molecular flexibility index (Phi) is 3.92. The van der Waals surface area contributed by atoms with Crippen molar-refractivity contribution >= 4 is 21.6 Å². The largest absolute Gasteiger partial charge is 0.376 e. The van der Waals surface area contributed by atoms with Gasteiger partial charge in [-0.15, -0.1) is 5.10 Å². The molecule has 1 aromatic carbocycles. The van der Waals surface area contributed by atoms with E-state index in [1.165, 1.54) is 0 Å². The number of nitrogens with zero attached hydrogens (tertiary/aromatic N) is 5. The molecule has 0 aliphatic heterocycles. The minimum atomic E-state index is 0.127. The van der Waals surface area contributed by atoms with Crippen molar-refractivity contribution in [1.82, 2.24) is 25.2 Å². The second kappa shape index (κ2) is 6.01. The van der Waals surface area contributed by atoms with Crippen molar-refractivity contribution in [3.8, 4) is 5.69 Å². The molecule has 3 aromatic rings. The van der Waals surface area contributed by atoms with Gasteiger partial charge in [-0.05, 0) is 63.1 Å². The molecule has 21 heavy (non-hydrogen) atoms. The van der Waals surface area contributed by atoms with Gasteiger partial charge in [-0.1, -0.05) is 12.1 Å². The summed E-state index contributed by atoms with van der Waals surface area (Å²) < 4.78 is 2.43. The third-order valence-corrected chi connectivity index (χ3v) is 3.75. The van der Waals surface area contributed by atoms with E-state index in [9.17, 15) is 0 Å². The molecule has 0 radical (unpaired) electrons. The van der Waals surface area contributed by atoms with Crippen LogP contribution in [0.1, 0.15) is 18.5 Å². The molecular formula is C14H13BrN6. The van der Waals surface area contributed by atoms with E-state index in [2.05, 4.69) is 60.8 Å². The van der Waals surface area contributed by atoms with Crippen molar-refractivity contribution in [3.05, 3.63) is 59.1 Å². The van der Waals surface area contributed by atoms with Gasteiger partial charge in [0, 0.05) is 12.2 Å². The normalized spacial score (nSPS) is 12.1. The van der Waals surface area contributed by atoms with Gasteiger partial charge in [0.2, 0.25) is 0 Å². The van der Waals surface area contributed by atoms with Gasteiger partial charge in [-0.2, -0.15) is 0 Å². The molecule has 1 N–H and O–H groups in total. The summed E-state index contributed by atoms with van der Waals surface area (Å²) in [6, 6.07) is 12.1. The highest BCUT2D eigenvalue weighted by atomic mass is 79.9. The van der Waals surface area contributed by atoms with Crippen LogP contribution in [0.25, 0.3) is 5.69 Å². The van der Waals surface area contributed by atoms with Crippen molar-refractivity contribution in [1.29, 1.82) is 0 Å². The predicted molar refractivity (Wildman–Crippen MR) is 83.1 cm³/mol. The van der Waals surface area contributed by atoms with Crippen LogP contribution in [0.5, 0.6) is 0 Å². The molecule has 106 valence electrons. The SMILES string of the molecule is CC(Nc1cccnc1Br)c1cccc(-n2cnnn2)c1. The molecule has 0 bridgehead atoms. The maximum Gasteiger partial charge on any atom is 0.143 e. The lowest BCUT2D eigenvalue weighted by Gasteiger charge is -2.17. The zero-order valence-electron chi connectivity index (χ0n) is 11.3. The van der Waals surface area contributed by atoms with Crippen molar-refractivity contribution in [2.75, 3.05) is 5.32 Å². The van der Waals surface area contributed by atoms with Crippen LogP contribution >= 0.6 is 15.9 Å². The lowest BCUT2D eigenvalue weighted by atomic mass is 10.1. The number of nitrogens with one attached hydrogen (secondary N) is 1. The smallest absolute Gasteiger partial charge is 0.143 e. The van der Waals surface area contributed by atoms with Crippen molar-refractivity contribution in [2.24, 2.45) is 0 Å². The molecule has 0 aliphatic carbocycles. The van der Waals surface area contributed by atoms with Crippen molar-refractivity contribution in [2.45, 2.75) is 13.0 Å². The Morgan fingerprint density at radius 1 is 1.24 bits per heavy atom. The molecule has 3 rings (SSSR count). The van der Waals surface area contributed by atoms with E-state index >= 15 is 0 Å². The fraction of sp³-hybridized carbons (Fsp3) is 0.143. The molecule has 6 nitrogen and oxygen atoms in total. The van der Waals surface area contributed by atoms with Gasteiger partial charge in [-0.3, -0.25) is 0 Å². The minimum Gasteiger partial charge on any atom is -0.376 e. The van der Waals surface area contributed by atoms with Gasteiger partial charge < -0.3 is 5.32 Å². The molecule has 1 atom stereocenters. The summed E-state index contributed by atoms with van der Waals surface area (Å²) in [5.74, 6) is 0. The third kappa shape index (κ3) is 3.08. The molecule has 1 unspecified atom stereocenters. The van der Waals surface area contributed by atoms with Crippen LogP contribution in [0.3, 0.4) is 0 Å². The van der Waals surface area contributed by atoms with Gasteiger partial charge in [0.25, 0.3) is 0 Å². The first kappa shape index (κ1) is 13.7. The van der Waals surface area contributed by atoms with Gasteiger partial charge in [0.05, 0.1) is 11.4 Å². The zero-order chi connectivity index (χ0) is 14.7. The zero-order valence-corrected chi connectivity index (χ0v) is 12.9.